The van der Waals surface area contributed by atoms with Crippen molar-refractivity contribution in [2.24, 2.45) is 5.92 Å². The van der Waals surface area contributed by atoms with Gasteiger partial charge in [-0.3, -0.25) is 14.4 Å². The molecule has 6 heteroatoms. The Bertz CT molecular complexity index is 755. The zero-order valence-corrected chi connectivity index (χ0v) is 15.1. The van der Waals surface area contributed by atoms with Crippen molar-refractivity contribution in [3.05, 3.63) is 29.3 Å². The average molecular weight is 355 g/mol. The summed E-state index contributed by atoms with van der Waals surface area (Å²) in [6.45, 7) is 2.49. The molecule has 2 unspecified atom stereocenters. The number of likely N-dealkylation sites (tertiary alicyclic amines) is 1. The molecule has 1 aromatic carbocycles. The molecule has 1 aromatic rings. The van der Waals surface area contributed by atoms with Gasteiger partial charge in [-0.2, -0.15) is 0 Å². The Balaban J connectivity index is 1.38. The maximum Gasteiger partial charge on any atom is 0.228 e. The molecule has 4 rings (SSSR count). The summed E-state index contributed by atoms with van der Waals surface area (Å²) in [6.07, 6.45) is 5.20. The Morgan fingerprint density at radius 1 is 1.27 bits per heavy atom. The number of anilines is 1. The quantitative estimate of drug-likeness (QED) is 0.869. The van der Waals surface area contributed by atoms with E-state index >= 15 is 0 Å². The van der Waals surface area contributed by atoms with Crippen LogP contribution in [0.2, 0.25) is 0 Å². The van der Waals surface area contributed by atoms with E-state index in [4.69, 9.17) is 0 Å². The fourth-order valence-corrected chi connectivity index (χ4v) is 4.41. The van der Waals surface area contributed by atoms with Crippen molar-refractivity contribution in [3.63, 3.8) is 0 Å². The monoisotopic (exact) mass is 355 g/mol. The molecule has 1 saturated heterocycles. The van der Waals surface area contributed by atoms with Crippen LogP contribution in [0, 0.1) is 5.92 Å². The molecule has 0 bridgehead atoms. The van der Waals surface area contributed by atoms with Gasteiger partial charge in [0.25, 0.3) is 0 Å². The first-order valence-electron chi connectivity index (χ1n) is 9.54. The molecule has 2 aliphatic heterocycles. The van der Waals surface area contributed by atoms with Gasteiger partial charge in [0.15, 0.2) is 0 Å². The molecule has 0 radical (unpaired) electrons. The lowest BCUT2D eigenvalue weighted by Gasteiger charge is -2.24. The normalized spacial score (nSPS) is 23.9. The third kappa shape index (κ3) is 3.20. The summed E-state index contributed by atoms with van der Waals surface area (Å²) in [6, 6.07) is 5.97. The van der Waals surface area contributed by atoms with E-state index < -0.39 is 0 Å². The highest BCUT2D eigenvalue weighted by molar-refractivity contribution is 5.99. The zero-order chi connectivity index (χ0) is 18.3. The van der Waals surface area contributed by atoms with Crippen molar-refractivity contribution in [2.45, 2.75) is 57.5 Å². The van der Waals surface area contributed by atoms with Gasteiger partial charge >= 0.3 is 0 Å². The lowest BCUT2D eigenvalue weighted by molar-refractivity contribution is -0.130. The molecule has 2 heterocycles. The van der Waals surface area contributed by atoms with Gasteiger partial charge in [0.1, 0.15) is 0 Å². The van der Waals surface area contributed by atoms with Gasteiger partial charge in [-0.25, -0.2) is 0 Å². The zero-order valence-electron chi connectivity index (χ0n) is 15.1. The van der Waals surface area contributed by atoms with E-state index in [1.807, 2.05) is 30.0 Å². The molecular weight excluding hydrogens is 330 g/mol. The second-order valence-corrected chi connectivity index (χ2v) is 7.76. The number of benzene rings is 1. The van der Waals surface area contributed by atoms with Gasteiger partial charge in [-0.05, 0) is 37.0 Å². The number of nitrogens with zero attached hydrogens (tertiary/aromatic N) is 1. The molecule has 0 aromatic heterocycles. The molecule has 2 N–H and O–H groups in total. The Morgan fingerprint density at radius 3 is 2.81 bits per heavy atom. The minimum absolute atomic E-state index is 0.00492. The van der Waals surface area contributed by atoms with Crippen molar-refractivity contribution in [1.82, 2.24) is 10.2 Å². The molecule has 2 atom stereocenters. The number of carbonyl (C=O) groups is 3. The van der Waals surface area contributed by atoms with E-state index in [-0.39, 0.29) is 29.7 Å². The highest BCUT2D eigenvalue weighted by atomic mass is 16.2. The number of hydrogen-bond acceptors (Lipinski definition) is 3. The van der Waals surface area contributed by atoms with Gasteiger partial charge in [-0.15, -0.1) is 0 Å². The lowest BCUT2D eigenvalue weighted by Crippen LogP contribution is -2.37. The molecule has 3 amide bonds. The molecule has 26 heavy (non-hydrogen) atoms. The van der Waals surface area contributed by atoms with Crippen LogP contribution in [0.15, 0.2) is 18.2 Å². The van der Waals surface area contributed by atoms with Gasteiger partial charge in [0.05, 0.1) is 18.4 Å². The van der Waals surface area contributed by atoms with Gasteiger partial charge in [-0.1, -0.05) is 25.0 Å². The summed E-state index contributed by atoms with van der Waals surface area (Å²) >= 11 is 0. The Labute approximate surface area is 153 Å². The fraction of sp³-hybridized carbons (Fsp3) is 0.550. The van der Waals surface area contributed by atoms with Crippen LogP contribution in [-0.2, 0) is 20.8 Å². The first-order chi connectivity index (χ1) is 12.5. The topological polar surface area (TPSA) is 78.5 Å². The smallest absolute Gasteiger partial charge is 0.228 e. The van der Waals surface area contributed by atoms with E-state index in [0.717, 1.165) is 29.7 Å². The van der Waals surface area contributed by atoms with Crippen molar-refractivity contribution >= 4 is 23.4 Å². The first-order valence-corrected chi connectivity index (χ1v) is 9.54. The number of hydrogen-bond donors (Lipinski definition) is 2. The predicted octanol–water partition coefficient (Wildman–Crippen LogP) is 2.15. The predicted molar refractivity (Wildman–Crippen MR) is 97.4 cm³/mol. The van der Waals surface area contributed by atoms with E-state index in [1.54, 1.807) is 0 Å². The maximum absolute atomic E-state index is 12.7. The van der Waals surface area contributed by atoms with Crippen LogP contribution in [0.25, 0.3) is 0 Å². The molecule has 2 fully saturated rings. The molecular formula is C20H25N3O3. The summed E-state index contributed by atoms with van der Waals surface area (Å²) in [7, 11) is 0. The second kappa shape index (κ2) is 6.74. The number of nitrogens with one attached hydrogen (secondary N) is 2. The number of fused-ring (bicyclic) bond motifs is 1. The van der Waals surface area contributed by atoms with Crippen LogP contribution in [0.3, 0.4) is 0 Å². The third-order valence-corrected chi connectivity index (χ3v) is 5.91. The van der Waals surface area contributed by atoms with E-state index in [9.17, 15) is 14.4 Å². The van der Waals surface area contributed by atoms with E-state index in [0.29, 0.717) is 25.4 Å². The van der Waals surface area contributed by atoms with Gasteiger partial charge in [0.2, 0.25) is 17.7 Å². The van der Waals surface area contributed by atoms with Crippen LogP contribution in [0.5, 0.6) is 0 Å². The Kier molecular flexibility index (Phi) is 4.42. The summed E-state index contributed by atoms with van der Waals surface area (Å²) in [4.78, 5) is 38.4. The van der Waals surface area contributed by atoms with Crippen molar-refractivity contribution in [1.29, 1.82) is 0 Å². The van der Waals surface area contributed by atoms with Crippen LogP contribution in [0.1, 0.15) is 56.2 Å². The fourth-order valence-electron chi connectivity index (χ4n) is 4.41. The minimum atomic E-state index is -0.261. The lowest BCUT2D eigenvalue weighted by atomic mass is 10.0. The highest BCUT2D eigenvalue weighted by Gasteiger charge is 2.38. The van der Waals surface area contributed by atoms with Gasteiger partial charge in [0, 0.05) is 24.7 Å². The van der Waals surface area contributed by atoms with Crippen LogP contribution >= 0.6 is 0 Å². The summed E-state index contributed by atoms with van der Waals surface area (Å²) in [5, 5.41) is 5.87. The standard InChI is InChI=1S/C20H25N3O3/c1-12(13-6-7-17-14(8-13)9-18(24)22-17)21-20(26)15-10-19(25)23(11-15)16-4-2-3-5-16/h6-8,12,15-16H,2-5,9-11H2,1H3,(H,21,26)(H,22,24). The van der Waals surface area contributed by atoms with E-state index in [2.05, 4.69) is 10.6 Å². The summed E-state index contributed by atoms with van der Waals surface area (Å²) in [5.41, 5.74) is 2.80. The number of rotatable bonds is 4. The highest BCUT2D eigenvalue weighted by Crippen LogP contribution is 2.30. The molecule has 1 saturated carbocycles. The SMILES string of the molecule is CC(NC(=O)C1CC(=O)N(C2CCCC2)C1)c1ccc2c(c1)CC(=O)N2. The summed E-state index contributed by atoms with van der Waals surface area (Å²) in [5.74, 6) is -0.193. The van der Waals surface area contributed by atoms with Crippen LogP contribution in [-0.4, -0.2) is 35.2 Å². The number of amides is 3. The Morgan fingerprint density at radius 2 is 2.04 bits per heavy atom. The van der Waals surface area contributed by atoms with Crippen LogP contribution in [0.4, 0.5) is 5.69 Å². The van der Waals surface area contributed by atoms with Gasteiger partial charge < -0.3 is 15.5 Å². The number of carbonyl (C=O) groups excluding carboxylic acids is 3. The average Bonchev–Trinajstić information content (AvgIpc) is 3.32. The molecule has 3 aliphatic rings. The van der Waals surface area contributed by atoms with E-state index in [1.165, 1.54) is 12.8 Å². The molecule has 0 spiro atoms. The minimum Gasteiger partial charge on any atom is -0.349 e. The largest absolute Gasteiger partial charge is 0.349 e. The summed E-state index contributed by atoms with van der Waals surface area (Å²) < 4.78 is 0. The van der Waals surface area contributed by atoms with Crippen molar-refractivity contribution in [2.75, 3.05) is 11.9 Å². The molecule has 6 nitrogen and oxygen atoms in total. The molecule has 138 valence electrons. The van der Waals surface area contributed by atoms with Crippen molar-refractivity contribution in [3.8, 4) is 0 Å². The molecule has 1 aliphatic carbocycles. The maximum atomic E-state index is 12.7. The second-order valence-electron chi connectivity index (χ2n) is 7.76. The third-order valence-electron chi connectivity index (χ3n) is 5.91. The van der Waals surface area contributed by atoms with Crippen molar-refractivity contribution < 1.29 is 14.4 Å². The first kappa shape index (κ1) is 17.1. The Hall–Kier alpha value is -2.37. The van der Waals surface area contributed by atoms with Crippen LogP contribution < -0.4 is 10.6 Å².